The number of hydrogen-bond donors (Lipinski definition) is 4. The number of ether oxygens (including phenoxy) is 1. The van der Waals surface area contributed by atoms with Crippen molar-refractivity contribution in [3.05, 3.63) is 77.2 Å². The molecule has 2 aromatic carbocycles. The van der Waals surface area contributed by atoms with Crippen LogP contribution >= 0.6 is 11.6 Å². The number of hydrogen-bond acceptors (Lipinski definition) is 9. The smallest absolute Gasteiger partial charge is 0.256 e. The Hall–Kier alpha value is -4.65. The standard InChI is InChI=1S/C33H38ClN9O3/c1-4-46-32-27(20-42(3)40-32)38-33-37-19-26(34)30(39-33)25-18-35-29-21(8-7-10-23(25)29)16-22(43-14-12-41(2)13-15-43)17-36-31(45)24-9-5-6-11-28(24)44/h5-11,18-20,22,35,44H,4,12-17H2,1-3H3,(H,36,45)(H,37,38,39)/t22-/m1/s1. The molecule has 0 spiro atoms. The van der Waals surface area contributed by atoms with Gasteiger partial charge in [-0.05, 0) is 38.1 Å². The molecule has 0 aliphatic carbocycles. The number of fused-ring (bicyclic) bond motifs is 1. The first-order valence-corrected chi connectivity index (χ1v) is 15.7. The first-order valence-electron chi connectivity index (χ1n) is 15.3. The van der Waals surface area contributed by atoms with Gasteiger partial charge in [0.05, 0.1) is 35.3 Å². The molecule has 5 aromatic rings. The molecule has 46 heavy (non-hydrogen) atoms. The fourth-order valence-electron chi connectivity index (χ4n) is 5.86. The lowest BCUT2D eigenvalue weighted by molar-refractivity contribution is 0.0884. The Morgan fingerprint density at radius 1 is 1.13 bits per heavy atom. The van der Waals surface area contributed by atoms with Crippen LogP contribution in [0.25, 0.3) is 22.2 Å². The van der Waals surface area contributed by atoms with Crippen LogP contribution in [0.15, 0.2) is 61.1 Å². The number of carbonyl (C=O) groups is 1. The van der Waals surface area contributed by atoms with E-state index in [9.17, 15) is 9.90 Å². The highest BCUT2D eigenvalue weighted by molar-refractivity contribution is 6.33. The number of H-pyrrole nitrogens is 1. The van der Waals surface area contributed by atoms with Crippen LogP contribution in [-0.4, -0.2) is 98.0 Å². The summed E-state index contributed by atoms with van der Waals surface area (Å²) in [5.41, 5.74) is 4.47. The van der Waals surface area contributed by atoms with E-state index in [0.717, 1.165) is 48.2 Å². The third-order valence-electron chi connectivity index (χ3n) is 8.28. The van der Waals surface area contributed by atoms with Crippen LogP contribution in [0.2, 0.25) is 5.02 Å². The van der Waals surface area contributed by atoms with Gasteiger partial charge in [-0.2, -0.15) is 0 Å². The first kappa shape index (κ1) is 31.3. The molecule has 0 saturated carbocycles. The summed E-state index contributed by atoms with van der Waals surface area (Å²) >= 11 is 6.67. The van der Waals surface area contributed by atoms with E-state index >= 15 is 0 Å². The van der Waals surface area contributed by atoms with Crippen molar-refractivity contribution in [3.63, 3.8) is 0 Å². The fourth-order valence-corrected chi connectivity index (χ4v) is 6.05. The second-order valence-corrected chi connectivity index (χ2v) is 11.8. The van der Waals surface area contributed by atoms with Crippen molar-refractivity contribution in [3.8, 4) is 22.9 Å². The van der Waals surface area contributed by atoms with E-state index < -0.39 is 0 Å². The average Bonchev–Trinajstić information content (AvgIpc) is 3.64. The number of aromatic amines is 1. The highest BCUT2D eigenvalue weighted by Gasteiger charge is 2.25. The maximum atomic E-state index is 13.0. The summed E-state index contributed by atoms with van der Waals surface area (Å²) in [5.74, 6) is 0.513. The molecular weight excluding hydrogens is 606 g/mol. The minimum absolute atomic E-state index is 0.0308. The van der Waals surface area contributed by atoms with Crippen LogP contribution in [-0.2, 0) is 13.5 Å². The molecule has 3 aromatic heterocycles. The molecule has 240 valence electrons. The molecule has 0 unspecified atom stereocenters. The highest BCUT2D eigenvalue weighted by atomic mass is 35.5. The normalized spacial score (nSPS) is 14.8. The number of amides is 1. The Morgan fingerprint density at radius 3 is 2.72 bits per heavy atom. The summed E-state index contributed by atoms with van der Waals surface area (Å²) in [6.07, 6.45) is 6.02. The van der Waals surface area contributed by atoms with Crippen LogP contribution in [0, 0.1) is 0 Å². The maximum absolute atomic E-state index is 13.0. The summed E-state index contributed by atoms with van der Waals surface area (Å²) in [4.78, 5) is 30.4. The Morgan fingerprint density at radius 2 is 1.93 bits per heavy atom. The van der Waals surface area contributed by atoms with Crippen molar-refractivity contribution in [2.24, 2.45) is 7.05 Å². The first-order chi connectivity index (χ1) is 22.3. The number of benzene rings is 2. The quantitative estimate of drug-likeness (QED) is 0.165. The molecule has 12 nitrogen and oxygen atoms in total. The summed E-state index contributed by atoms with van der Waals surface area (Å²) in [6, 6.07) is 12.8. The minimum Gasteiger partial charge on any atom is -0.507 e. The Kier molecular flexibility index (Phi) is 9.38. The Labute approximate surface area is 272 Å². The van der Waals surface area contributed by atoms with Gasteiger partial charge >= 0.3 is 0 Å². The van der Waals surface area contributed by atoms with E-state index in [4.69, 9.17) is 21.3 Å². The molecule has 1 saturated heterocycles. The minimum atomic E-state index is -0.292. The van der Waals surface area contributed by atoms with Crippen LogP contribution < -0.4 is 15.4 Å². The third kappa shape index (κ3) is 6.79. The van der Waals surface area contributed by atoms with Crippen molar-refractivity contribution in [1.29, 1.82) is 0 Å². The van der Waals surface area contributed by atoms with Gasteiger partial charge in [0.25, 0.3) is 11.8 Å². The maximum Gasteiger partial charge on any atom is 0.256 e. The Balaban J connectivity index is 1.27. The number of rotatable bonds is 11. The van der Waals surface area contributed by atoms with Crippen molar-refractivity contribution in [2.45, 2.75) is 19.4 Å². The molecule has 1 fully saturated rings. The number of aryl methyl sites for hydroxylation is 1. The molecule has 13 heteroatoms. The second-order valence-electron chi connectivity index (χ2n) is 11.4. The monoisotopic (exact) mass is 643 g/mol. The van der Waals surface area contributed by atoms with Gasteiger partial charge in [-0.15, -0.1) is 5.10 Å². The number of aromatic nitrogens is 5. The fraction of sp³-hybridized carbons (Fsp3) is 0.333. The van der Waals surface area contributed by atoms with Crippen LogP contribution in [0.3, 0.4) is 0 Å². The topological polar surface area (TPSA) is 136 Å². The summed E-state index contributed by atoms with van der Waals surface area (Å²) in [6.45, 7) is 6.52. The van der Waals surface area contributed by atoms with E-state index in [-0.39, 0.29) is 23.3 Å². The van der Waals surface area contributed by atoms with Gasteiger partial charge in [0.15, 0.2) is 0 Å². The number of anilines is 2. The lowest BCUT2D eigenvalue weighted by atomic mass is 9.99. The molecule has 4 heterocycles. The van der Waals surface area contributed by atoms with E-state index in [1.54, 1.807) is 29.1 Å². The lowest BCUT2D eigenvalue weighted by Gasteiger charge is -2.38. The number of carbonyl (C=O) groups excluding carboxylic acids is 1. The molecule has 4 N–H and O–H groups in total. The number of halogens is 1. The van der Waals surface area contributed by atoms with Crippen molar-refractivity contribution < 1.29 is 14.6 Å². The summed E-state index contributed by atoms with van der Waals surface area (Å²) in [7, 11) is 3.95. The van der Waals surface area contributed by atoms with E-state index in [0.29, 0.717) is 47.8 Å². The SMILES string of the molecule is CCOc1nn(C)cc1Nc1ncc(Cl)c(-c2c[nH]c3c(C[C@H](CNC(=O)c4ccccc4O)N4CCN(C)CC4)cccc23)n1. The number of para-hydroxylation sites is 2. The number of phenolic OH excluding ortho intramolecular Hbond substituents is 1. The van der Waals surface area contributed by atoms with Crippen molar-refractivity contribution in [1.82, 2.24) is 39.8 Å². The zero-order chi connectivity index (χ0) is 32.2. The number of nitrogens with one attached hydrogen (secondary N) is 3. The molecule has 1 aliphatic heterocycles. The van der Waals surface area contributed by atoms with Crippen molar-refractivity contribution >= 4 is 40.0 Å². The second kappa shape index (κ2) is 13.8. The molecular formula is C33H38ClN9O3. The van der Waals surface area contributed by atoms with Gasteiger partial charge < -0.3 is 30.4 Å². The third-order valence-corrected chi connectivity index (χ3v) is 8.56. The van der Waals surface area contributed by atoms with Gasteiger partial charge in [0.1, 0.15) is 11.4 Å². The molecule has 1 amide bonds. The zero-order valence-electron chi connectivity index (χ0n) is 26.1. The van der Waals surface area contributed by atoms with Crippen LogP contribution in [0.5, 0.6) is 11.6 Å². The molecule has 1 atom stereocenters. The average molecular weight is 644 g/mol. The largest absolute Gasteiger partial charge is 0.507 e. The lowest BCUT2D eigenvalue weighted by Crippen LogP contribution is -2.53. The van der Waals surface area contributed by atoms with Gasteiger partial charge in [-0.25, -0.2) is 9.97 Å². The van der Waals surface area contributed by atoms with Gasteiger partial charge in [0.2, 0.25) is 5.95 Å². The molecule has 0 bridgehead atoms. The van der Waals surface area contributed by atoms with Crippen molar-refractivity contribution in [2.75, 3.05) is 51.7 Å². The van der Waals surface area contributed by atoms with Gasteiger partial charge in [-0.1, -0.05) is 41.9 Å². The number of aromatic hydroxyl groups is 1. The van der Waals surface area contributed by atoms with Gasteiger partial charge in [0, 0.05) is 68.5 Å². The van der Waals surface area contributed by atoms with Crippen LogP contribution in [0.4, 0.5) is 11.6 Å². The number of phenols is 1. The number of nitrogens with zero attached hydrogens (tertiary/aromatic N) is 6. The predicted molar refractivity (Wildman–Crippen MR) is 179 cm³/mol. The van der Waals surface area contributed by atoms with Gasteiger partial charge in [-0.3, -0.25) is 14.4 Å². The van der Waals surface area contributed by atoms with Crippen LogP contribution in [0.1, 0.15) is 22.8 Å². The highest BCUT2D eigenvalue weighted by Crippen LogP contribution is 2.35. The zero-order valence-corrected chi connectivity index (χ0v) is 26.9. The number of piperazine rings is 1. The predicted octanol–water partition coefficient (Wildman–Crippen LogP) is 4.45. The van der Waals surface area contributed by atoms with E-state index in [1.165, 1.54) is 6.07 Å². The Bertz CT molecular complexity index is 1830. The number of likely N-dealkylation sites (N-methyl/N-ethyl adjacent to an activating group) is 1. The molecule has 1 aliphatic rings. The summed E-state index contributed by atoms with van der Waals surface area (Å²) < 4.78 is 7.31. The summed E-state index contributed by atoms with van der Waals surface area (Å²) in [5, 5.41) is 22.2. The van der Waals surface area contributed by atoms with E-state index in [2.05, 4.69) is 54.7 Å². The van der Waals surface area contributed by atoms with E-state index in [1.807, 2.05) is 32.4 Å². The molecule has 6 rings (SSSR count). The molecule has 0 radical (unpaired) electrons.